The summed E-state index contributed by atoms with van der Waals surface area (Å²) >= 11 is 1.03. The molecule has 0 bridgehead atoms. The third-order valence-electron chi connectivity index (χ3n) is 5.65. The predicted molar refractivity (Wildman–Crippen MR) is 113 cm³/mol. The molecule has 3 heterocycles. The fraction of sp³-hybridized carbons (Fsp3) is 0.300. The summed E-state index contributed by atoms with van der Waals surface area (Å²) in [5.74, 6) is 0.289. The lowest BCUT2D eigenvalue weighted by Crippen LogP contribution is -2.40. The molecule has 0 amide bonds. The third-order valence-corrected chi connectivity index (χ3v) is 7.81. The molecule has 0 fully saturated rings. The van der Waals surface area contributed by atoms with Crippen molar-refractivity contribution in [2.75, 3.05) is 17.8 Å². The smallest absolute Gasteiger partial charge is 0.303 e. The van der Waals surface area contributed by atoms with Crippen LogP contribution >= 0.6 is 11.5 Å². The molecule has 0 saturated carbocycles. The van der Waals surface area contributed by atoms with Crippen molar-refractivity contribution in [1.82, 2.24) is 19.0 Å². The van der Waals surface area contributed by atoms with Crippen molar-refractivity contribution < 1.29 is 8.42 Å². The first-order valence-electron chi connectivity index (χ1n) is 9.55. The molecule has 3 aromatic rings. The standard InChI is InChI=1S/C20H21N5O2S2/c26-29(27,24-20-22-13-23-28-20)25-9-8-17-15(12-25)5-3-7-18(17)19-11-21-10-14-4-1-2-6-16(14)19/h1-7,13,19,21H,8-12H2,(H,22,23,24). The van der Waals surface area contributed by atoms with Gasteiger partial charge in [-0.2, -0.15) is 17.1 Å². The van der Waals surface area contributed by atoms with E-state index in [0.717, 1.165) is 30.2 Å². The third kappa shape index (κ3) is 3.55. The van der Waals surface area contributed by atoms with E-state index in [1.54, 1.807) is 0 Å². The topological polar surface area (TPSA) is 87.2 Å². The fourth-order valence-corrected chi connectivity index (χ4v) is 6.11. The minimum atomic E-state index is -3.66. The van der Waals surface area contributed by atoms with Crippen molar-refractivity contribution in [2.24, 2.45) is 0 Å². The Balaban J connectivity index is 1.44. The molecule has 9 heteroatoms. The monoisotopic (exact) mass is 427 g/mol. The first-order chi connectivity index (χ1) is 14.1. The highest BCUT2D eigenvalue weighted by atomic mass is 32.2. The summed E-state index contributed by atoms with van der Waals surface area (Å²) in [4.78, 5) is 3.92. The molecule has 2 N–H and O–H groups in total. The van der Waals surface area contributed by atoms with Gasteiger partial charge in [-0.05, 0) is 34.2 Å². The number of hydrogen-bond donors (Lipinski definition) is 2. The van der Waals surface area contributed by atoms with Gasteiger partial charge < -0.3 is 5.32 Å². The molecule has 2 aliphatic rings. The van der Waals surface area contributed by atoms with Crippen molar-refractivity contribution in [2.45, 2.75) is 25.4 Å². The predicted octanol–water partition coefficient (Wildman–Crippen LogP) is 2.49. The van der Waals surface area contributed by atoms with Crippen LogP contribution in [0, 0.1) is 0 Å². The molecular weight excluding hydrogens is 406 g/mol. The number of aromatic nitrogens is 2. The van der Waals surface area contributed by atoms with Crippen LogP contribution in [0.2, 0.25) is 0 Å². The maximum atomic E-state index is 12.8. The van der Waals surface area contributed by atoms with Crippen LogP contribution in [0.5, 0.6) is 0 Å². The van der Waals surface area contributed by atoms with Gasteiger partial charge in [0.1, 0.15) is 6.33 Å². The lowest BCUT2D eigenvalue weighted by Gasteiger charge is -2.33. The number of nitrogens with one attached hydrogen (secondary N) is 2. The number of nitrogens with zero attached hydrogens (tertiary/aromatic N) is 3. The summed E-state index contributed by atoms with van der Waals surface area (Å²) in [5, 5.41) is 3.81. The van der Waals surface area contributed by atoms with Crippen LogP contribution in [0.25, 0.3) is 0 Å². The fourth-order valence-electron chi connectivity index (χ4n) is 4.31. The van der Waals surface area contributed by atoms with Gasteiger partial charge in [0.05, 0.1) is 0 Å². The van der Waals surface area contributed by atoms with Crippen molar-refractivity contribution in [3.8, 4) is 0 Å². The van der Waals surface area contributed by atoms with E-state index in [9.17, 15) is 8.42 Å². The van der Waals surface area contributed by atoms with Gasteiger partial charge in [0.15, 0.2) is 0 Å². The van der Waals surface area contributed by atoms with E-state index < -0.39 is 10.2 Å². The van der Waals surface area contributed by atoms with E-state index in [1.165, 1.54) is 32.9 Å². The molecule has 1 atom stereocenters. The summed E-state index contributed by atoms with van der Waals surface area (Å²) in [6, 6.07) is 14.8. The summed E-state index contributed by atoms with van der Waals surface area (Å²) in [5.41, 5.74) is 6.35. The molecule has 1 aromatic heterocycles. The van der Waals surface area contributed by atoms with Gasteiger partial charge in [-0.1, -0.05) is 42.5 Å². The zero-order valence-corrected chi connectivity index (χ0v) is 17.3. The average molecular weight is 428 g/mol. The highest BCUT2D eigenvalue weighted by Gasteiger charge is 2.31. The Morgan fingerprint density at radius 3 is 2.79 bits per heavy atom. The van der Waals surface area contributed by atoms with Crippen LogP contribution in [-0.2, 0) is 29.7 Å². The Kier molecular flexibility index (Phi) is 4.83. The average Bonchev–Trinajstić information content (AvgIpc) is 3.25. The Hall–Kier alpha value is -2.33. The molecular formula is C20H21N5O2S2. The molecule has 7 nitrogen and oxygen atoms in total. The first kappa shape index (κ1) is 18.7. The van der Waals surface area contributed by atoms with Gasteiger partial charge in [-0.15, -0.1) is 0 Å². The molecule has 150 valence electrons. The molecule has 0 saturated heterocycles. The lowest BCUT2D eigenvalue weighted by atomic mass is 9.81. The minimum Gasteiger partial charge on any atom is -0.312 e. The zero-order valence-electron chi connectivity index (χ0n) is 15.7. The number of rotatable bonds is 4. The van der Waals surface area contributed by atoms with E-state index in [4.69, 9.17) is 0 Å². The van der Waals surface area contributed by atoms with Crippen LogP contribution in [-0.4, -0.2) is 35.2 Å². The number of anilines is 1. The van der Waals surface area contributed by atoms with Crippen LogP contribution in [0.3, 0.4) is 0 Å². The Labute approximate surface area is 174 Å². The highest BCUT2D eigenvalue weighted by Crippen LogP contribution is 2.35. The molecule has 29 heavy (non-hydrogen) atoms. The normalized spacial score (nSPS) is 19.4. The molecule has 2 aromatic carbocycles. The quantitative estimate of drug-likeness (QED) is 0.668. The van der Waals surface area contributed by atoms with Gasteiger partial charge in [0.2, 0.25) is 5.13 Å². The molecule has 0 radical (unpaired) electrons. The summed E-state index contributed by atoms with van der Waals surface area (Å²) in [6.07, 6.45) is 2.04. The van der Waals surface area contributed by atoms with Gasteiger partial charge in [-0.3, -0.25) is 0 Å². The van der Waals surface area contributed by atoms with Crippen LogP contribution in [0.4, 0.5) is 5.13 Å². The molecule has 1 unspecified atom stereocenters. The van der Waals surface area contributed by atoms with Gasteiger partial charge >= 0.3 is 10.2 Å². The minimum absolute atomic E-state index is 0.287. The molecule has 0 aliphatic carbocycles. The first-order valence-corrected chi connectivity index (χ1v) is 11.8. The second kappa shape index (κ2) is 7.49. The van der Waals surface area contributed by atoms with Crippen LogP contribution < -0.4 is 10.0 Å². The second-order valence-electron chi connectivity index (χ2n) is 7.30. The van der Waals surface area contributed by atoms with Crippen molar-refractivity contribution in [3.05, 3.63) is 76.6 Å². The van der Waals surface area contributed by atoms with E-state index >= 15 is 0 Å². The van der Waals surface area contributed by atoms with Crippen molar-refractivity contribution in [1.29, 1.82) is 0 Å². The SMILES string of the molecule is O=S(=O)(Nc1ncns1)N1CCc2c(cccc2C2CNCc3ccccc32)C1. The summed E-state index contributed by atoms with van der Waals surface area (Å²) < 4.78 is 33.4. The summed E-state index contributed by atoms with van der Waals surface area (Å²) in [6.45, 7) is 2.60. The van der Waals surface area contributed by atoms with E-state index in [2.05, 4.69) is 49.7 Å². The van der Waals surface area contributed by atoms with E-state index in [0.29, 0.717) is 19.5 Å². The maximum Gasteiger partial charge on any atom is 0.303 e. The second-order valence-corrected chi connectivity index (χ2v) is 9.76. The molecule has 5 rings (SSSR count). The largest absolute Gasteiger partial charge is 0.312 e. The van der Waals surface area contributed by atoms with Crippen LogP contribution in [0.15, 0.2) is 48.8 Å². The van der Waals surface area contributed by atoms with E-state index in [1.807, 2.05) is 12.1 Å². The Bertz CT molecular complexity index is 1130. The number of hydrogen-bond acceptors (Lipinski definition) is 6. The highest BCUT2D eigenvalue weighted by molar-refractivity contribution is 7.90. The van der Waals surface area contributed by atoms with Crippen molar-refractivity contribution in [3.63, 3.8) is 0 Å². The summed E-state index contributed by atoms with van der Waals surface area (Å²) in [7, 11) is -3.66. The van der Waals surface area contributed by atoms with Gasteiger partial charge in [0.25, 0.3) is 0 Å². The number of fused-ring (bicyclic) bond motifs is 2. The number of benzene rings is 2. The zero-order chi connectivity index (χ0) is 19.8. The van der Waals surface area contributed by atoms with E-state index in [-0.39, 0.29) is 11.0 Å². The molecule has 2 aliphatic heterocycles. The Morgan fingerprint density at radius 1 is 1.10 bits per heavy atom. The van der Waals surface area contributed by atoms with Gasteiger partial charge in [0, 0.05) is 43.6 Å². The molecule has 0 spiro atoms. The Morgan fingerprint density at radius 2 is 1.93 bits per heavy atom. The lowest BCUT2D eigenvalue weighted by molar-refractivity contribution is 0.392. The van der Waals surface area contributed by atoms with Crippen LogP contribution in [0.1, 0.15) is 33.7 Å². The van der Waals surface area contributed by atoms with Crippen molar-refractivity contribution >= 4 is 26.9 Å². The van der Waals surface area contributed by atoms with Gasteiger partial charge in [-0.25, -0.2) is 9.71 Å². The maximum absolute atomic E-state index is 12.8.